The fourth-order valence-electron chi connectivity index (χ4n) is 7.33. The van der Waals surface area contributed by atoms with Gasteiger partial charge in [-0.3, -0.25) is 9.59 Å². The van der Waals surface area contributed by atoms with Crippen LogP contribution < -0.4 is 10.9 Å². The monoisotopic (exact) mass is 448 g/mol. The molecule has 2 saturated carbocycles. The van der Waals surface area contributed by atoms with Gasteiger partial charge in [0.05, 0.1) is 12.1 Å². The third-order valence-electron chi connectivity index (χ3n) is 8.86. The molecule has 0 radical (unpaired) electrons. The molecule has 2 amide bonds. The zero-order chi connectivity index (χ0) is 22.2. The van der Waals surface area contributed by atoms with Gasteiger partial charge < -0.3 is 19.3 Å². The number of fused-ring (bicyclic) bond motifs is 1. The summed E-state index contributed by atoms with van der Waals surface area (Å²) in [6.45, 7) is 5.70. The van der Waals surface area contributed by atoms with Crippen molar-refractivity contribution >= 4 is 11.8 Å². The number of amides is 2. The van der Waals surface area contributed by atoms with Crippen LogP contribution in [0.25, 0.3) is 0 Å². The maximum atomic E-state index is 13.4. The van der Waals surface area contributed by atoms with Crippen molar-refractivity contribution in [2.24, 2.45) is 17.8 Å². The summed E-state index contributed by atoms with van der Waals surface area (Å²) in [5.74, 6) is 2.24. The molecule has 0 aromatic carbocycles. The first-order chi connectivity index (χ1) is 15.5. The van der Waals surface area contributed by atoms with Crippen LogP contribution in [0.4, 0.5) is 0 Å². The molecular weight excluding hydrogens is 408 g/mol. The molecule has 32 heavy (non-hydrogen) atoms. The summed E-state index contributed by atoms with van der Waals surface area (Å²) in [6, 6.07) is 0.349. The number of ether oxygens (including phenoxy) is 2. The molecule has 5 fully saturated rings. The molecule has 0 spiro atoms. The van der Waals surface area contributed by atoms with Gasteiger partial charge in [-0.1, -0.05) is 0 Å². The molecule has 2 aliphatic carbocycles. The highest BCUT2D eigenvalue weighted by Crippen LogP contribution is 2.44. The SMILES string of the molecule is CC(=O)N1C2CCC(C3CCC(C4NNCO4)CC3)CC2N(C(=O)C2CCCO2)C[C@@H]1C. The fraction of sp³-hybridized carbons (Fsp3) is 0.917. The number of hydrogen-bond donors (Lipinski definition) is 2. The molecule has 8 nitrogen and oxygen atoms in total. The number of hydrogen-bond acceptors (Lipinski definition) is 6. The van der Waals surface area contributed by atoms with Crippen LogP contribution in [0.5, 0.6) is 0 Å². The number of rotatable bonds is 3. The lowest BCUT2D eigenvalue weighted by atomic mass is 9.67. The van der Waals surface area contributed by atoms with E-state index in [2.05, 4.69) is 27.6 Å². The summed E-state index contributed by atoms with van der Waals surface area (Å²) in [5, 5.41) is 0. The van der Waals surface area contributed by atoms with Crippen LogP contribution in [-0.4, -0.2) is 72.0 Å². The Balaban J connectivity index is 1.27. The first kappa shape index (κ1) is 22.6. The van der Waals surface area contributed by atoms with Gasteiger partial charge in [0.15, 0.2) is 0 Å². The average molecular weight is 449 g/mol. The summed E-state index contributed by atoms with van der Waals surface area (Å²) >= 11 is 0. The molecule has 5 aliphatic rings. The van der Waals surface area contributed by atoms with E-state index < -0.39 is 0 Å². The molecule has 5 unspecified atom stereocenters. The Morgan fingerprint density at radius 3 is 2.31 bits per heavy atom. The van der Waals surface area contributed by atoms with Crippen LogP contribution in [0.2, 0.25) is 0 Å². The van der Waals surface area contributed by atoms with Gasteiger partial charge in [0.25, 0.3) is 5.91 Å². The first-order valence-corrected chi connectivity index (χ1v) is 12.8. The molecule has 0 bridgehead atoms. The Labute approximate surface area is 191 Å². The van der Waals surface area contributed by atoms with Crippen molar-refractivity contribution in [1.82, 2.24) is 20.7 Å². The number of piperazine rings is 1. The summed E-state index contributed by atoms with van der Waals surface area (Å²) in [4.78, 5) is 30.1. The fourth-order valence-corrected chi connectivity index (χ4v) is 7.33. The van der Waals surface area contributed by atoms with Crippen molar-refractivity contribution in [3.8, 4) is 0 Å². The normalized spacial score (nSPS) is 42.7. The van der Waals surface area contributed by atoms with Crippen LogP contribution in [0.3, 0.4) is 0 Å². The maximum Gasteiger partial charge on any atom is 0.252 e. The van der Waals surface area contributed by atoms with Gasteiger partial charge in [-0.05, 0) is 82.5 Å². The summed E-state index contributed by atoms with van der Waals surface area (Å²) < 4.78 is 11.5. The number of nitrogens with zero attached hydrogens (tertiary/aromatic N) is 2. The van der Waals surface area contributed by atoms with Crippen LogP contribution >= 0.6 is 0 Å². The molecule has 3 heterocycles. The number of nitrogens with one attached hydrogen (secondary N) is 2. The third-order valence-corrected chi connectivity index (χ3v) is 8.86. The van der Waals surface area contributed by atoms with E-state index in [1.54, 1.807) is 6.92 Å². The van der Waals surface area contributed by atoms with Crippen molar-refractivity contribution in [3.05, 3.63) is 0 Å². The van der Waals surface area contributed by atoms with E-state index in [9.17, 15) is 9.59 Å². The van der Waals surface area contributed by atoms with E-state index >= 15 is 0 Å². The lowest BCUT2D eigenvalue weighted by molar-refractivity contribution is -0.160. The van der Waals surface area contributed by atoms with Crippen LogP contribution in [0.15, 0.2) is 0 Å². The molecule has 6 atom stereocenters. The summed E-state index contributed by atoms with van der Waals surface area (Å²) in [6.07, 6.45) is 9.72. The highest BCUT2D eigenvalue weighted by molar-refractivity contribution is 5.82. The maximum absolute atomic E-state index is 13.4. The Morgan fingerprint density at radius 2 is 1.66 bits per heavy atom. The van der Waals surface area contributed by atoms with Gasteiger partial charge in [-0.2, -0.15) is 0 Å². The topological polar surface area (TPSA) is 83.1 Å². The zero-order valence-corrected chi connectivity index (χ0v) is 19.6. The van der Waals surface area contributed by atoms with Gasteiger partial charge in [0.1, 0.15) is 19.1 Å². The third kappa shape index (κ3) is 4.31. The Bertz CT molecular complexity index is 685. The van der Waals surface area contributed by atoms with Crippen molar-refractivity contribution in [2.75, 3.05) is 19.9 Å². The minimum absolute atomic E-state index is 0.0682. The average Bonchev–Trinajstić information content (AvgIpc) is 3.52. The van der Waals surface area contributed by atoms with Gasteiger partial charge >= 0.3 is 0 Å². The smallest absolute Gasteiger partial charge is 0.252 e. The predicted molar refractivity (Wildman–Crippen MR) is 119 cm³/mol. The standard InChI is InChI=1S/C24H40N4O4/c1-15-13-27(24(30)22-4-3-11-31-22)21-12-19(9-10-20(21)28(15)16(2)29)17-5-7-18(8-6-17)23-26-25-14-32-23/h15,17-23,25-26H,3-14H2,1-2H3/t15-,17?,18?,19?,20?,21?,22?,23?/m0/s1. The van der Waals surface area contributed by atoms with Crippen molar-refractivity contribution in [1.29, 1.82) is 0 Å². The van der Waals surface area contributed by atoms with Crippen molar-refractivity contribution in [2.45, 2.75) is 102 Å². The highest BCUT2D eigenvalue weighted by atomic mass is 16.5. The van der Waals surface area contributed by atoms with E-state index in [0.717, 1.165) is 32.1 Å². The van der Waals surface area contributed by atoms with Crippen molar-refractivity contribution < 1.29 is 19.1 Å². The van der Waals surface area contributed by atoms with E-state index in [1.165, 1.54) is 25.7 Å². The molecule has 180 valence electrons. The second-order valence-corrected chi connectivity index (χ2v) is 10.7. The van der Waals surface area contributed by atoms with Crippen molar-refractivity contribution in [3.63, 3.8) is 0 Å². The van der Waals surface area contributed by atoms with Crippen LogP contribution in [0, 0.1) is 17.8 Å². The molecule has 2 N–H and O–H groups in total. The quantitative estimate of drug-likeness (QED) is 0.687. The Kier molecular flexibility index (Phi) is 6.75. The van der Waals surface area contributed by atoms with E-state index in [0.29, 0.717) is 37.6 Å². The lowest BCUT2D eigenvalue weighted by Crippen LogP contribution is -2.68. The predicted octanol–water partition coefficient (Wildman–Crippen LogP) is 2.00. The van der Waals surface area contributed by atoms with E-state index in [1.807, 2.05) is 0 Å². The van der Waals surface area contributed by atoms with Gasteiger partial charge in [0.2, 0.25) is 5.91 Å². The van der Waals surface area contributed by atoms with Gasteiger partial charge in [-0.25, -0.2) is 10.9 Å². The lowest BCUT2D eigenvalue weighted by Gasteiger charge is -2.55. The first-order valence-electron chi connectivity index (χ1n) is 12.8. The number of carbonyl (C=O) groups is 2. The van der Waals surface area contributed by atoms with Gasteiger partial charge in [-0.15, -0.1) is 0 Å². The van der Waals surface area contributed by atoms with E-state index in [-0.39, 0.29) is 42.3 Å². The largest absolute Gasteiger partial charge is 0.368 e. The molecular formula is C24H40N4O4. The molecule has 0 aromatic heterocycles. The van der Waals surface area contributed by atoms with Crippen LogP contribution in [-0.2, 0) is 19.1 Å². The zero-order valence-electron chi connectivity index (χ0n) is 19.6. The number of carbonyl (C=O) groups excluding carboxylic acids is 2. The summed E-state index contributed by atoms with van der Waals surface area (Å²) in [5.41, 5.74) is 6.34. The molecule has 5 rings (SSSR count). The Hall–Kier alpha value is -1.22. The van der Waals surface area contributed by atoms with Crippen LogP contribution in [0.1, 0.15) is 71.6 Å². The van der Waals surface area contributed by atoms with Gasteiger partial charge in [0, 0.05) is 26.1 Å². The second kappa shape index (κ2) is 9.57. The minimum atomic E-state index is -0.282. The minimum Gasteiger partial charge on any atom is -0.368 e. The van der Waals surface area contributed by atoms with E-state index in [4.69, 9.17) is 9.47 Å². The highest BCUT2D eigenvalue weighted by Gasteiger charge is 2.49. The Morgan fingerprint density at radius 1 is 0.906 bits per heavy atom. The number of hydrazine groups is 1. The molecule has 8 heteroatoms. The second-order valence-electron chi connectivity index (χ2n) is 10.7. The summed E-state index contributed by atoms with van der Waals surface area (Å²) in [7, 11) is 0. The molecule has 3 aliphatic heterocycles. The molecule has 0 aromatic rings. The molecule has 3 saturated heterocycles.